The molecule has 0 spiro atoms. The van der Waals surface area contributed by atoms with E-state index in [2.05, 4.69) is 0 Å². The molecule has 88 valence electrons. The van der Waals surface area contributed by atoms with Crippen LogP contribution in [0.3, 0.4) is 0 Å². The topological polar surface area (TPSA) is 44.1 Å². The van der Waals surface area contributed by atoms with E-state index in [1.165, 1.54) is 17.0 Å². The molecule has 17 heavy (non-hydrogen) atoms. The van der Waals surface area contributed by atoms with Crippen molar-refractivity contribution in [2.45, 2.75) is 12.3 Å². The lowest BCUT2D eigenvalue weighted by molar-refractivity contribution is -0.130. The molecule has 0 aliphatic heterocycles. The first-order valence-corrected chi connectivity index (χ1v) is 5.51. The maximum atomic E-state index is 13.0. The second kappa shape index (κ2) is 4.54. The zero-order valence-electron chi connectivity index (χ0n) is 9.56. The van der Waals surface area contributed by atoms with Crippen LogP contribution in [0.2, 0.25) is 0 Å². The molecule has 1 saturated carbocycles. The summed E-state index contributed by atoms with van der Waals surface area (Å²) >= 11 is 0. The summed E-state index contributed by atoms with van der Waals surface area (Å²) in [6.45, 7) is 0.102. The van der Waals surface area contributed by atoms with Gasteiger partial charge in [0.1, 0.15) is 12.4 Å². The average Bonchev–Trinajstić information content (AvgIpc) is 3.08. The number of carbonyl (C=O) groups is 1. The normalized spacial score (nSPS) is 21.7. The Hall–Kier alpha value is -1.89. The zero-order valence-corrected chi connectivity index (χ0v) is 9.56. The summed E-state index contributed by atoms with van der Waals surface area (Å²) in [5.74, 6) is -0.277. The molecule has 1 aliphatic carbocycles. The molecule has 1 aromatic carbocycles. The molecule has 0 unspecified atom stereocenters. The Bertz CT molecular complexity index is 481. The van der Waals surface area contributed by atoms with Gasteiger partial charge in [0.15, 0.2) is 0 Å². The molecule has 1 amide bonds. The Morgan fingerprint density at radius 3 is 3.06 bits per heavy atom. The van der Waals surface area contributed by atoms with Gasteiger partial charge >= 0.3 is 0 Å². The molecule has 0 radical (unpaired) electrons. The molecule has 0 aromatic heterocycles. The Labute approximate surface area is 99.5 Å². The number of hydrogen-bond acceptors (Lipinski definition) is 2. The Morgan fingerprint density at radius 1 is 1.65 bits per heavy atom. The molecule has 0 N–H and O–H groups in total. The molecule has 0 heterocycles. The first kappa shape index (κ1) is 11.6. The fourth-order valence-corrected chi connectivity index (χ4v) is 2.04. The maximum absolute atomic E-state index is 13.0. The van der Waals surface area contributed by atoms with Gasteiger partial charge in [0, 0.05) is 13.0 Å². The molecule has 1 fully saturated rings. The third-order valence-corrected chi connectivity index (χ3v) is 3.07. The van der Waals surface area contributed by atoms with Crippen LogP contribution in [0.4, 0.5) is 4.39 Å². The van der Waals surface area contributed by atoms with E-state index < -0.39 is 0 Å². The molecule has 1 aliphatic rings. The Balaban J connectivity index is 2.01. The van der Waals surface area contributed by atoms with Gasteiger partial charge in [0.2, 0.25) is 5.91 Å². The minimum Gasteiger partial charge on any atom is -0.332 e. The van der Waals surface area contributed by atoms with Gasteiger partial charge in [-0.05, 0) is 30.0 Å². The molecule has 1 aromatic rings. The molecular weight excluding hydrogens is 219 g/mol. The number of hydrogen-bond donors (Lipinski definition) is 0. The van der Waals surface area contributed by atoms with Crippen LogP contribution >= 0.6 is 0 Å². The SMILES string of the molecule is CN(CC#N)C(=O)[C@H]1C[C@@H]1c1cccc(F)c1. The van der Waals surface area contributed by atoms with Crippen LogP contribution in [-0.4, -0.2) is 24.4 Å². The lowest BCUT2D eigenvalue weighted by atomic mass is 10.1. The van der Waals surface area contributed by atoms with Crippen molar-refractivity contribution >= 4 is 5.91 Å². The van der Waals surface area contributed by atoms with Crippen molar-refractivity contribution in [1.82, 2.24) is 4.90 Å². The third kappa shape index (κ3) is 2.44. The summed E-state index contributed by atoms with van der Waals surface area (Å²) in [4.78, 5) is 13.3. The number of halogens is 1. The molecule has 3 nitrogen and oxygen atoms in total. The number of amides is 1. The van der Waals surface area contributed by atoms with Gasteiger partial charge in [-0.15, -0.1) is 0 Å². The average molecular weight is 232 g/mol. The number of carbonyl (C=O) groups excluding carboxylic acids is 1. The van der Waals surface area contributed by atoms with Crippen molar-refractivity contribution in [2.75, 3.05) is 13.6 Å². The van der Waals surface area contributed by atoms with Crippen molar-refractivity contribution in [3.05, 3.63) is 35.6 Å². The highest BCUT2D eigenvalue weighted by Crippen LogP contribution is 2.48. The van der Waals surface area contributed by atoms with E-state index in [0.717, 1.165) is 12.0 Å². The van der Waals surface area contributed by atoms with Crippen LogP contribution < -0.4 is 0 Å². The van der Waals surface area contributed by atoms with E-state index in [1.54, 1.807) is 13.1 Å². The number of benzene rings is 1. The Morgan fingerprint density at radius 2 is 2.41 bits per heavy atom. The smallest absolute Gasteiger partial charge is 0.226 e. The van der Waals surface area contributed by atoms with Gasteiger partial charge in [-0.25, -0.2) is 4.39 Å². The summed E-state index contributed by atoms with van der Waals surface area (Å²) in [5.41, 5.74) is 0.869. The number of rotatable bonds is 3. The quantitative estimate of drug-likeness (QED) is 0.747. The minimum atomic E-state index is -0.272. The van der Waals surface area contributed by atoms with Crippen molar-refractivity contribution in [2.24, 2.45) is 5.92 Å². The number of nitriles is 1. The fourth-order valence-electron chi connectivity index (χ4n) is 2.04. The second-order valence-electron chi connectivity index (χ2n) is 4.36. The molecule has 0 saturated heterocycles. The summed E-state index contributed by atoms with van der Waals surface area (Å²) in [6, 6.07) is 8.30. The van der Waals surface area contributed by atoms with Crippen LogP contribution in [0.25, 0.3) is 0 Å². The first-order valence-electron chi connectivity index (χ1n) is 5.51. The monoisotopic (exact) mass is 232 g/mol. The zero-order chi connectivity index (χ0) is 12.4. The second-order valence-corrected chi connectivity index (χ2v) is 4.36. The predicted octanol–water partition coefficient (Wildman–Crippen LogP) is 1.91. The van der Waals surface area contributed by atoms with Crippen molar-refractivity contribution in [1.29, 1.82) is 5.26 Å². The van der Waals surface area contributed by atoms with E-state index in [0.29, 0.717) is 0 Å². The fraction of sp³-hybridized carbons (Fsp3) is 0.385. The predicted molar refractivity (Wildman–Crippen MR) is 60.5 cm³/mol. The van der Waals surface area contributed by atoms with Gasteiger partial charge in [0.25, 0.3) is 0 Å². The van der Waals surface area contributed by atoms with Crippen LogP contribution in [0.1, 0.15) is 17.9 Å². The van der Waals surface area contributed by atoms with E-state index in [9.17, 15) is 9.18 Å². The van der Waals surface area contributed by atoms with E-state index >= 15 is 0 Å². The molecule has 0 bridgehead atoms. The molecule has 2 rings (SSSR count). The summed E-state index contributed by atoms with van der Waals surface area (Å²) in [7, 11) is 1.62. The highest BCUT2D eigenvalue weighted by Gasteiger charge is 2.45. The third-order valence-electron chi connectivity index (χ3n) is 3.07. The van der Waals surface area contributed by atoms with E-state index in [-0.39, 0.29) is 30.1 Å². The summed E-state index contributed by atoms with van der Waals surface area (Å²) < 4.78 is 13.0. The maximum Gasteiger partial charge on any atom is 0.226 e. The van der Waals surface area contributed by atoms with Crippen LogP contribution in [-0.2, 0) is 4.79 Å². The summed E-state index contributed by atoms with van der Waals surface area (Å²) in [6.07, 6.45) is 0.748. The van der Waals surface area contributed by atoms with Gasteiger partial charge in [-0.2, -0.15) is 5.26 Å². The van der Waals surface area contributed by atoms with Gasteiger partial charge in [-0.3, -0.25) is 4.79 Å². The van der Waals surface area contributed by atoms with Gasteiger partial charge < -0.3 is 4.90 Å². The first-order chi connectivity index (χ1) is 8.13. The lowest BCUT2D eigenvalue weighted by Gasteiger charge is -2.12. The summed E-state index contributed by atoms with van der Waals surface area (Å²) in [5, 5.41) is 8.51. The van der Waals surface area contributed by atoms with Crippen molar-refractivity contribution < 1.29 is 9.18 Å². The molecule has 2 atom stereocenters. The van der Waals surface area contributed by atoms with Crippen LogP contribution in [0.15, 0.2) is 24.3 Å². The molecular formula is C13H13FN2O. The van der Waals surface area contributed by atoms with Crippen LogP contribution in [0, 0.1) is 23.1 Å². The van der Waals surface area contributed by atoms with E-state index in [1.807, 2.05) is 12.1 Å². The van der Waals surface area contributed by atoms with E-state index in [4.69, 9.17) is 5.26 Å². The highest BCUT2D eigenvalue weighted by molar-refractivity contribution is 5.83. The molecule has 4 heteroatoms. The van der Waals surface area contributed by atoms with Gasteiger partial charge in [0.05, 0.1) is 6.07 Å². The van der Waals surface area contributed by atoms with Gasteiger partial charge in [-0.1, -0.05) is 12.1 Å². The Kier molecular flexibility index (Phi) is 3.10. The number of nitrogens with zero attached hydrogens (tertiary/aromatic N) is 2. The highest BCUT2D eigenvalue weighted by atomic mass is 19.1. The standard InChI is InChI=1S/C13H13FN2O/c1-16(6-5-15)13(17)12-8-11(12)9-3-2-4-10(14)7-9/h2-4,7,11-12H,6,8H2,1H3/t11-,12+/m1/s1. The van der Waals surface area contributed by atoms with Crippen molar-refractivity contribution in [3.63, 3.8) is 0 Å². The van der Waals surface area contributed by atoms with Crippen molar-refractivity contribution in [3.8, 4) is 6.07 Å². The minimum absolute atomic E-state index is 0.0270. The lowest BCUT2D eigenvalue weighted by Crippen LogP contribution is -2.28. The largest absolute Gasteiger partial charge is 0.332 e. The van der Waals surface area contributed by atoms with Crippen LogP contribution in [0.5, 0.6) is 0 Å².